The molecule has 0 aliphatic carbocycles. The van der Waals surface area contributed by atoms with E-state index in [1.54, 1.807) is 0 Å². The maximum atomic E-state index is 12.7. The molecular weight excluding hydrogens is 1490 g/mol. The number of imidazole rings is 1. The summed E-state index contributed by atoms with van der Waals surface area (Å²) in [5.41, 5.74) is 13.0. The first-order valence-electron chi connectivity index (χ1n) is 35.8. The van der Waals surface area contributed by atoms with E-state index in [-0.39, 0.29) is 36.1 Å². The zero-order valence-electron chi connectivity index (χ0n) is 58.7. The van der Waals surface area contributed by atoms with E-state index < -0.39 is 248 Å². The molecule has 616 valence electrons. The van der Waals surface area contributed by atoms with Crippen LogP contribution in [0.5, 0.6) is 0 Å². The standard InChI is InChI=1S/C63H107N7O34S3/c1-2-105-12-9-67-33(64)7-5-3-4-6-8-34(65)68-10-13-106-22-31-55-41(82)48(89)62(96-31)101-53-29(20-74)93-59(45(86)38(53)79)100-52-28(19-73)95-61(47(88)40(52)81)104-56-32(23-107-14-11-69-35(76)15-25-16-66-24-70-25)97-63(49(90)42(56)83)102-54-30(21-75)92-58(44(85)37(54)78)98-50-26(17-71)91-57(43(84)36(50)77)99-51-27(18-72)94-60(103-55)46(87)39(51)80/h16,24,26-32,36-63,71-75,77-90H,2-15,17-23H2,1H3,(H2,64,67)(H2,65,68)(H,66,70)(H,69,76)/p+2/t26?,27?,28?,29?,30?,31?,32?,36-,37-,38-,39-,40-,41-,42-,43?,44?,45?,46?,47?,48?,49?,50+,51+,52+,53+,54+,55+,56+,57+,58+,59-,60+,61-,62+,63-/m1/s1. The number of carbonyl (C=O) groups excluding carboxylic acids is 1. The molecule has 41 nitrogen and oxygen atoms in total. The zero-order chi connectivity index (χ0) is 77.3. The summed E-state index contributed by atoms with van der Waals surface area (Å²) in [5.74, 6) is 3.04. The van der Waals surface area contributed by atoms with Crippen LogP contribution in [0, 0.1) is 0 Å². The van der Waals surface area contributed by atoms with Gasteiger partial charge >= 0.3 is 0 Å². The van der Waals surface area contributed by atoms with Gasteiger partial charge < -0.3 is 174 Å². The van der Waals surface area contributed by atoms with Crippen molar-refractivity contribution in [2.24, 2.45) is 11.5 Å². The van der Waals surface area contributed by atoms with E-state index in [4.69, 9.17) is 77.8 Å². The molecule has 44 heteroatoms. The van der Waals surface area contributed by atoms with Gasteiger partial charge in [-0.1, -0.05) is 19.8 Å². The van der Waals surface area contributed by atoms with Crippen molar-refractivity contribution in [3.05, 3.63) is 18.2 Å². The molecule has 14 unspecified atom stereocenters. The van der Waals surface area contributed by atoms with Gasteiger partial charge in [0.2, 0.25) is 17.6 Å². The molecule has 0 radical (unpaired) electrons. The normalized spacial score (nSPS) is 43.5. The third kappa shape index (κ3) is 22.5. The monoisotopic (exact) mass is 1600 g/mol. The fourth-order valence-corrected chi connectivity index (χ4v) is 15.9. The predicted octanol–water partition coefficient (Wildman–Crippen LogP) is -14.7. The highest BCUT2D eigenvalue weighted by Gasteiger charge is 2.60. The van der Waals surface area contributed by atoms with Gasteiger partial charge in [0.1, 0.15) is 159 Å². The Labute approximate surface area is 627 Å². The van der Waals surface area contributed by atoms with Crippen LogP contribution in [0.4, 0.5) is 0 Å². The number of amidine groups is 2. The first-order chi connectivity index (χ1) is 51.4. The van der Waals surface area contributed by atoms with Gasteiger partial charge in [0.15, 0.2) is 44.0 Å². The van der Waals surface area contributed by atoms with Crippen LogP contribution in [-0.4, -0.2) is 427 Å². The SMILES string of the molecule is CCSCC[NH+]=C(N)CCCCCCC(N)=[NH+]CCSCC1O[C@H]2O[C@H]3C(CO)O[C@H](O[C@H]4C(CO)O[C@H](O[C@H]5C(CSCCNC(=O)Cc6cnc[nH]6)O[C@H](O[C@H]6C(CO)O[C@@H](O[C@H]7C(CO)O[C@@H](O[C@H]8C(CO)O[C@@H](O[C@@H]1[C@H](O)C2O)C(O)[C@H]8O)C(O)[C@H]7O)C(O)[C@H]6O)C(O)[C@H]5O)C(O)[C@H]4O)C(O)[C@H]3O. The van der Waals surface area contributed by atoms with Gasteiger partial charge in [-0.2, -0.15) is 35.3 Å². The molecule has 1 aromatic heterocycles. The molecule has 21 aliphatic rings. The average molecular weight is 1600 g/mol. The number of thioether (sulfide) groups is 3. The molecule has 1 aromatic rings. The second-order valence-electron chi connectivity index (χ2n) is 27.1. The van der Waals surface area contributed by atoms with E-state index in [0.29, 0.717) is 30.2 Å². The van der Waals surface area contributed by atoms with Crippen LogP contribution in [-0.2, 0) is 77.5 Å². The van der Waals surface area contributed by atoms with Crippen molar-refractivity contribution < 1.29 is 178 Å². The second-order valence-corrected chi connectivity index (χ2v) is 30.7. The molecule has 27 N–H and O–H groups in total. The smallest absolute Gasteiger partial charge is 0.240 e. The fourth-order valence-electron chi connectivity index (χ4n) is 13.5. The van der Waals surface area contributed by atoms with E-state index in [2.05, 4.69) is 32.2 Å². The van der Waals surface area contributed by atoms with E-state index >= 15 is 0 Å². The summed E-state index contributed by atoms with van der Waals surface area (Å²) in [4.78, 5) is 25.8. The van der Waals surface area contributed by atoms with Crippen molar-refractivity contribution in [3.63, 3.8) is 0 Å². The van der Waals surface area contributed by atoms with Crippen LogP contribution in [0.15, 0.2) is 12.5 Å². The molecule has 107 heavy (non-hydrogen) atoms. The van der Waals surface area contributed by atoms with E-state index in [0.717, 1.165) is 67.8 Å². The maximum absolute atomic E-state index is 12.7. The van der Waals surface area contributed by atoms with Crippen LogP contribution in [0.2, 0.25) is 0 Å². The topological polar surface area (TPSA) is 651 Å². The summed E-state index contributed by atoms with van der Waals surface area (Å²) in [7, 11) is 0. The lowest BCUT2D eigenvalue weighted by atomic mass is 9.95. The molecule has 0 aromatic carbocycles. The first kappa shape index (κ1) is 88.3. The quantitative estimate of drug-likeness (QED) is 0.0210. The minimum Gasteiger partial charge on any atom is -0.394 e. The molecule has 1 amide bonds. The van der Waals surface area contributed by atoms with Gasteiger partial charge in [-0.05, 0) is 18.6 Å². The average Bonchev–Trinajstić information content (AvgIpc) is 1.31. The Morgan fingerprint density at radius 3 is 0.972 bits per heavy atom. The van der Waals surface area contributed by atoms with Crippen molar-refractivity contribution in [1.29, 1.82) is 0 Å². The highest BCUT2D eigenvalue weighted by molar-refractivity contribution is 7.99. The Morgan fingerprint density at radius 2 is 0.692 bits per heavy atom. The van der Waals surface area contributed by atoms with Crippen molar-refractivity contribution in [3.8, 4) is 0 Å². The van der Waals surface area contributed by atoms with Crippen LogP contribution in [0.25, 0.3) is 0 Å². The molecule has 22 rings (SSSR count). The summed E-state index contributed by atoms with van der Waals surface area (Å²) in [6.07, 6.45) is -61.4. The van der Waals surface area contributed by atoms with E-state index in [1.165, 1.54) is 24.3 Å². The zero-order valence-corrected chi connectivity index (χ0v) is 61.1. The highest BCUT2D eigenvalue weighted by Crippen LogP contribution is 2.40. The Bertz CT molecular complexity index is 2830. The first-order valence-corrected chi connectivity index (χ1v) is 39.2. The lowest BCUT2D eigenvalue weighted by Crippen LogP contribution is -2.76. The lowest BCUT2D eigenvalue weighted by molar-refractivity contribution is -0.453. The number of hydrogen-bond acceptors (Lipinski definition) is 38. The number of unbranched alkanes of at least 4 members (excludes halogenated alkanes) is 3. The maximum Gasteiger partial charge on any atom is 0.240 e. The molecule has 22 heterocycles. The summed E-state index contributed by atoms with van der Waals surface area (Å²) in [6.45, 7) is -1.92. The highest BCUT2D eigenvalue weighted by atomic mass is 32.2. The molecule has 21 fully saturated rings. The summed E-state index contributed by atoms with van der Waals surface area (Å²) >= 11 is 4.13. The number of aromatic amines is 1. The van der Waals surface area contributed by atoms with Crippen LogP contribution in [0.1, 0.15) is 51.1 Å². The molecular formula is C63H109N7O34S3+2. The number of aliphatic hydroxyl groups is 19. The Balaban J connectivity index is 0.956. The largest absolute Gasteiger partial charge is 0.394 e. The van der Waals surface area contributed by atoms with Crippen molar-refractivity contribution >= 4 is 52.9 Å². The molecule has 0 saturated carbocycles. The summed E-state index contributed by atoms with van der Waals surface area (Å²) in [5, 5.41) is 221. The number of nitrogens with zero attached hydrogens (tertiary/aromatic N) is 1. The van der Waals surface area contributed by atoms with Gasteiger partial charge in [0, 0.05) is 60.0 Å². The third-order valence-corrected chi connectivity index (χ3v) is 22.5. The van der Waals surface area contributed by atoms with Crippen molar-refractivity contribution in [2.75, 3.05) is 87.2 Å². The molecule has 14 bridgehead atoms. The number of amides is 1. The molecule has 21 aliphatic heterocycles. The third-order valence-electron chi connectivity index (χ3n) is 19.5. The number of nitrogens with two attached hydrogens (primary N) is 2. The van der Waals surface area contributed by atoms with Gasteiger partial charge in [-0.15, -0.1) is 0 Å². The number of carbonyl (C=O) groups is 1. The van der Waals surface area contributed by atoms with Gasteiger partial charge in [-0.3, -0.25) is 26.2 Å². The van der Waals surface area contributed by atoms with Crippen molar-refractivity contribution in [2.45, 2.75) is 267 Å². The minimum atomic E-state index is -2.22. The molecule has 35 atom stereocenters. The van der Waals surface area contributed by atoms with Gasteiger partial charge in [0.05, 0.1) is 71.1 Å². The Morgan fingerprint density at radius 1 is 0.411 bits per heavy atom. The number of aromatic nitrogens is 2. The number of rotatable bonds is 28. The number of nitrogens with one attached hydrogen (secondary N) is 4. The summed E-state index contributed by atoms with van der Waals surface area (Å²) in [6, 6.07) is 0. The number of ether oxygens (including phenoxy) is 14. The van der Waals surface area contributed by atoms with E-state index in [1.807, 2.05) is 11.8 Å². The minimum absolute atomic E-state index is 0.0335. The number of hydrogen-bond donors (Lipinski definition) is 25. The molecule has 0 spiro atoms. The predicted molar refractivity (Wildman–Crippen MR) is 365 cm³/mol. The van der Waals surface area contributed by atoms with Gasteiger partial charge in [0.25, 0.3) is 0 Å². The number of H-pyrrole nitrogens is 1. The van der Waals surface area contributed by atoms with E-state index in [9.17, 15) is 102 Å². The van der Waals surface area contributed by atoms with Crippen LogP contribution in [0.3, 0.4) is 0 Å². The summed E-state index contributed by atoms with van der Waals surface area (Å²) < 4.78 is 83.8. The fraction of sp³-hybridized carbons (Fsp3) is 0.905. The lowest BCUT2D eigenvalue weighted by Gasteiger charge is -2.50. The van der Waals surface area contributed by atoms with Crippen LogP contribution >= 0.6 is 35.3 Å². The second kappa shape index (κ2) is 42.6. The van der Waals surface area contributed by atoms with Crippen molar-refractivity contribution in [1.82, 2.24) is 15.3 Å². The number of aliphatic hydroxyl groups excluding tert-OH is 19. The van der Waals surface area contributed by atoms with Crippen LogP contribution < -0.4 is 26.8 Å². The molecule has 21 saturated heterocycles. The Kier molecular flexibility index (Phi) is 35.2. The Hall–Kier alpha value is -2.65. The van der Waals surface area contributed by atoms with Gasteiger partial charge in [-0.25, -0.2) is 4.98 Å².